The monoisotopic (exact) mass is 186 g/mol. The van der Waals surface area contributed by atoms with E-state index in [1.165, 1.54) is 51.4 Å². The summed E-state index contributed by atoms with van der Waals surface area (Å²) < 4.78 is 5.40. The van der Waals surface area contributed by atoms with Gasteiger partial charge in [-0.3, -0.25) is 0 Å². The van der Waals surface area contributed by atoms with Crippen molar-refractivity contribution in [3.63, 3.8) is 0 Å². The van der Waals surface area contributed by atoms with E-state index in [2.05, 4.69) is 13.8 Å². The van der Waals surface area contributed by atoms with Gasteiger partial charge < -0.3 is 4.74 Å². The van der Waals surface area contributed by atoms with Gasteiger partial charge in [0.1, 0.15) is 0 Å². The first kappa shape index (κ1) is 13.0. The fourth-order valence-electron chi connectivity index (χ4n) is 1.68. The maximum Gasteiger partial charge on any atom is 0.0571 e. The van der Waals surface area contributed by atoms with E-state index in [9.17, 15) is 0 Å². The smallest absolute Gasteiger partial charge is 0.0571 e. The largest absolute Gasteiger partial charge is 0.381 e. The lowest BCUT2D eigenvalue weighted by atomic mass is 10.1. The molecule has 0 aromatic carbocycles. The minimum Gasteiger partial charge on any atom is -0.381 e. The van der Waals surface area contributed by atoms with Crippen molar-refractivity contribution in [1.82, 2.24) is 0 Å². The van der Waals surface area contributed by atoms with Crippen LogP contribution in [0, 0.1) is 0 Å². The molecule has 0 aliphatic rings. The molecule has 1 nitrogen and oxygen atoms in total. The molecule has 0 amide bonds. The van der Waals surface area contributed by atoms with Crippen molar-refractivity contribution >= 4 is 0 Å². The van der Waals surface area contributed by atoms with E-state index in [1.54, 1.807) is 0 Å². The van der Waals surface area contributed by atoms with E-state index in [0.29, 0.717) is 6.10 Å². The summed E-state index contributed by atoms with van der Waals surface area (Å²) in [6.45, 7) is 4.48. The minimum atomic E-state index is 0.520. The normalized spacial score (nSPS) is 13.2. The van der Waals surface area contributed by atoms with Crippen LogP contribution in [-0.4, -0.2) is 13.2 Å². The Labute approximate surface area is 83.9 Å². The third kappa shape index (κ3) is 8.29. The van der Waals surface area contributed by atoms with Gasteiger partial charge >= 0.3 is 0 Å². The van der Waals surface area contributed by atoms with Crippen molar-refractivity contribution in [3.05, 3.63) is 0 Å². The molecule has 0 aromatic heterocycles. The number of rotatable bonds is 9. The van der Waals surface area contributed by atoms with E-state index in [-0.39, 0.29) is 0 Å². The second-order valence-electron chi connectivity index (χ2n) is 3.85. The third-order valence-electron chi connectivity index (χ3n) is 2.57. The Morgan fingerprint density at radius 2 is 1.54 bits per heavy atom. The summed E-state index contributed by atoms with van der Waals surface area (Å²) in [6, 6.07) is 0. The quantitative estimate of drug-likeness (QED) is 0.491. The third-order valence-corrected chi connectivity index (χ3v) is 2.57. The second kappa shape index (κ2) is 10.0. The fourth-order valence-corrected chi connectivity index (χ4v) is 1.68. The SMILES string of the molecule is CCCCCCCC(CCC)OC. The summed E-state index contributed by atoms with van der Waals surface area (Å²) in [5.41, 5.74) is 0. The van der Waals surface area contributed by atoms with Crippen LogP contribution in [0.1, 0.15) is 65.2 Å². The Kier molecular flexibility index (Phi) is 10.0. The van der Waals surface area contributed by atoms with Gasteiger partial charge in [0, 0.05) is 7.11 Å². The molecule has 0 saturated carbocycles. The number of hydrogen-bond acceptors (Lipinski definition) is 1. The van der Waals surface area contributed by atoms with Crippen LogP contribution in [-0.2, 0) is 4.74 Å². The van der Waals surface area contributed by atoms with Crippen LogP contribution in [0.3, 0.4) is 0 Å². The minimum absolute atomic E-state index is 0.520. The van der Waals surface area contributed by atoms with Gasteiger partial charge in [-0.2, -0.15) is 0 Å². The molecule has 1 heteroatoms. The molecule has 13 heavy (non-hydrogen) atoms. The Balaban J connectivity index is 3.17. The molecule has 0 heterocycles. The van der Waals surface area contributed by atoms with Crippen LogP contribution in [0.4, 0.5) is 0 Å². The summed E-state index contributed by atoms with van der Waals surface area (Å²) in [5, 5.41) is 0. The Morgan fingerprint density at radius 3 is 2.08 bits per heavy atom. The van der Waals surface area contributed by atoms with Crippen molar-refractivity contribution in [2.75, 3.05) is 7.11 Å². The molecule has 0 radical (unpaired) electrons. The van der Waals surface area contributed by atoms with E-state index in [1.807, 2.05) is 7.11 Å². The summed E-state index contributed by atoms with van der Waals surface area (Å²) in [7, 11) is 1.84. The Bertz CT molecular complexity index is 91.1. The van der Waals surface area contributed by atoms with Gasteiger partial charge in [-0.1, -0.05) is 52.4 Å². The molecule has 0 aliphatic heterocycles. The summed E-state index contributed by atoms with van der Waals surface area (Å²) in [4.78, 5) is 0. The van der Waals surface area contributed by atoms with Gasteiger partial charge in [-0.15, -0.1) is 0 Å². The topological polar surface area (TPSA) is 9.23 Å². The van der Waals surface area contributed by atoms with Crippen molar-refractivity contribution in [1.29, 1.82) is 0 Å². The van der Waals surface area contributed by atoms with Crippen molar-refractivity contribution in [3.8, 4) is 0 Å². The lowest BCUT2D eigenvalue weighted by Gasteiger charge is -2.13. The van der Waals surface area contributed by atoms with Crippen molar-refractivity contribution < 1.29 is 4.74 Å². The Morgan fingerprint density at radius 1 is 0.846 bits per heavy atom. The van der Waals surface area contributed by atoms with Gasteiger partial charge in [0.05, 0.1) is 6.10 Å². The van der Waals surface area contributed by atoms with Gasteiger partial charge in [-0.25, -0.2) is 0 Å². The number of methoxy groups -OCH3 is 1. The zero-order chi connectivity index (χ0) is 9.94. The highest BCUT2D eigenvalue weighted by Crippen LogP contribution is 2.12. The molecular weight excluding hydrogens is 160 g/mol. The van der Waals surface area contributed by atoms with Crippen LogP contribution in [0.25, 0.3) is 0 Å². The average Bonchev–Trinajstić information content (AvgIpc) is 2.16. The highest BCUT2D eigenvalue weighted by atomic mass is 16.5. The van der Waals surface area contributed by atoms with Gasteiger partial charge in [0.15, 0.2) is 0 Å². The fraction of sp³-hybridized carbons (Fsp3) is 1.00. The predicted octanol–water partition coefficient (Wildman–Crippen LogP) is 4.16. The number of hydrogen-bond donors (Lipinski definition) is 0. The second-order valence-corrected chi connectivity index (χ2v) is 3.85. The highest BCUT2D eigenvalue weighted by molar-refractivity contribution is 4.56. The van der Waals surface area contributed by atoms with E-state index < -0.39 is 0 Å². The van der Waals surface area contributed by atoms with Crippen LogP contribution in [0.15, 0.2) is 0 Å². The molecule has 1 unspecified atom stereocenters. The number of ether oxygens (including phenoxy) is 1. The van der Waals surface area contributed by atoms with E-state index in [4.69, 9.17) is 4.74 Å². The lowest BCUT2D eigenvalue weighted by Crippen LogP contribution is -2.09. The van der Waals surface area contributed by atoms with Crippen LogP contribution in [0.5, 0.6) is 0 Å². The molecule has 0 N–H and O–H groups in total. The van der Waals surface area contributed by atoms with Gasteiger partial charge in [-0.05, 0) is 12.8 Å². The first-order chi connectivity index (χ1) is 6.35. The molecule has 0 bridgehead atoms. The lowest BCUT2D eigenvalue weighted by molar-refractivity contribution is 0.0849. The Hall–Kier alpha value is -0.0400. The molecule has 1 atom stereocenters. The van der Waals surface area contributed by atoms with E-state index >= 15 is 0 Å². The van der Waals surface area contributed by atoms with Crippen LogP contribution in [0.2, 0.25) is 0 Å². The van der Waals surface area contributed by atoms with Gasteiger partial charge in [0.2, 0.25) is 0 Å². The summed E-state index contributed by atoms with van der Waals surface area (Å²) >= 11 is 0. The maximum absolute atomic E-state index is 5.40. The average molecular weight is 186 g/mol. The van der Waals surface area contributed by atoms with Gasteiger partial charge in [0.25, 0.3) is 0 Å². The maximum atomic E-state index is 5.40. The van der Waals surface area contributed by atoms with Crippen LogP contribution >= 0.6 is 0 Å². The number of unbranched alkanes of at least 4 members (excludes halogenated alkanes) is 4. The molecular formula is C12H26O. The summed E-state index contributed by atoms with van der Waals surface area (Å²) in [6.07, 6.45) is 11.1. The molecule has 0 saturated heterocycles. The zero-order valence-corrected chi connectivity index (χ0v) is 9.64. The molecule has 0 aromatic rings. The van der Waals surface area contributed by atoms with Crippen LogP contribution < -0.4 is 0 Å². The first-order valence-electron chi connectivity index (χ1n) is 5.87. The predicted molar refractivity (Wildman–Crippen MR) is 59.1 cm³/mol. The first-order valence-corrected chi connectivity index (χ1v) is 5.87. The van der Waals surface area contributed by atoms with Crippen molar-refractivity contribution in [2.24, 2.45) is 0 Å². The highest BCUT2D eigenvalue weighted by Gasteiger charge is 2.04. The molecule has 0 aliphatic carbocycles. The molecule has 80 valence electrons. The van der Waals surface area contributed by atoms with Crippen molar-refractivity contribution in [2.45, 2.75) is 71.3 Å². The molecule has 0 spiro atoms. The van der Waals surface area contributed by atoms with E-state index in [0.717, 1.165) is 0 Å². The molecule has 0 fully saturated rings. The zero-order valence-electron chi connectivity index (χ0n) is 9.64. The molecule has 0 rings (SSSR count). The standard InChI is InChI=1S/C12H26O/c1-4-6-7-8-9-11-12(13-3)10-5-2/h12H,4-11H2,1-3H3. The summed E-state index contributed by atoms with van der Waals surface area (Å²) in [5.74, 6) is 0.